The van der Waals surface area contributed by atoms with Crippen LogP contribution in [-0.2, 0) is 22.6 Å². The Hall–Kier alpha value is -3.19. The van der Waals surface area contributed by atoms with Crippen molar-refractivity contribution in [1.82, 2.24) is 15.1 Å². The minimum Gasteiger partial charge on any atom is -0.456 e. The van der Waals surface area contributed by atoms with E-state index in [9.17, 15) is 4.79 Å². The number of ether oxygens (including phenoxy) is 1. The number of oxazole rings is 1. The molecule has 2 aromatic carbocycles. The second kappa shape index (κ2) is 7.59. The normalized spacial score (nSPS) is 11.0. The van der Waals surface area contributed by atoms with E-state index in [0.29, 0.717) is 28.7 Å². The highest BCUT2D eigenvalue weighted by atomic mass is 35.5. The van der Waals surface area contributed by atoms with Crippen molar-refractivity contribution in [1.29, 1.82) is 0 Å². The average molecular weight is 384 g/mol. The van der Waals surface area contributed by atoms with Crippen molar-refractivity contribution in [3.63, 3.8) is 0 Å². The molecular formula is C19H14ClN3O4. The first kappa shape index (κ1) is 17.2. The van der Waals surface area contributed by atoms with Crippen LogP contribution in [0.3, 0.4) is 0 Å². The molecule has 0 saturated heterocycles. The number of aryl methyl sites for hydroxylation is 1. The maximum atomic E-state index is 11.9. The van der Waals surface area contributed by atoms with Gasteiger partial charge >= 0.3 is 5.97 Å². The first-order valence-electron chi connectivity index (χ1n) is 8.26. The summed E-state index contributed by atoms with van der Waals surface area (Å²) in [4.78, 5) is 20.4. The zero-order valence-electron chi connectivity index (χ0n) is 14.1. The SMILES string of the molecule is O=C(CCc1nc2ccccc2o1)OCc1nc(-c2ccc(Cl)cc2)no1. The third kappa shape index (κ3) is 4.15. The zero-order chi connectivity index (χ0) is 18.6. The Morgan fingerprint density at radius 2 is 1.85 bits per heavy atom. The number of hydrogen-bond donors (Lipinski definition) is 0. The highest BCUT2D eigenvalue weighted by Gasteiger charge is 2.13. The lowest BCUT2D eigenvalue weighted by atomic mass is 10.2. The van der Waals surface area contributed by atoms with Crippen LogP contribution >= 0.6 is 11.6 Å². The minimum atomic E-state index is -0.400. The van der Waals surface area contributed by atoms with Gasteiger partial charge in [0, 0.05) is 17.0 Å². The van der Waals surface area contributed by atoms with Gasteiger partial charge in [0.25, 0.3) is 5.89 Å². The Labute approximate surface area is 158 Å². The smallest absolute Gasteiger partial charge is 0.306 e. The topological polar surface area (TPSA) is 91.2 Å². The number of carbonyl (C=O) groups is 1. The Morgan fingerprint density at radius 3 is 2.67 bits per heavy atom. The molecule has 2 heterocycles. The maximum Gasteiger partial charge on any atom is 0.306 e. The van der Waals surface area contributed by atoms with E-state index in [1.807, 2.05) is 24.3 Å². The summed E-state index contributed by atoms with van der Waals surface area (Å²) in [7, 11) is 0. The fraction of sp³-hybridized carbons (Fsp3) is 0.158. The number of benzene rings is 2. The van der Waals surface area contributed by atoms with E-state index in [1.165, 1.54) is 0 Å². The van der Waals surface area contributed by atoms with E-state index in [2.05, 4.69) is 15.1 Å². The summed E-state index contributed by atoms with van der Waals surface area (Å²) in [6.07, 6.45) is 0.498. The molecule has 0 saturated carbocycles. The van der Waals surface area contributed by atoms with Crippen LogP contribution in [-0.4, -0.2) is 21.1 Å². The second-order valence-corrected chi connectivity index (χ2v) is 6.19. The minimum absolute atomic E-state index is 0.0903. The van der Waals surface area contributed by atoms with Gasteiger partial charge in [0.15, 0.2) is 18.1 Å². The van der Waals surface area contributed by atoms with Crippen LogP contribution in [0.2, 0.25) is 5.02 Å². The molecule has 2 aromatic heterocycles. The molecule has 4 aromatic rings. The fourth-order valence-electron chi connectivity index (χ4n) is 2.48. The van der Waals surface area contributed by atoms with Gasteiger partial charge < -0.3 is 13.7 Å². The van der Waals surface area contributed by atoms with Gasteiger partial charge in [-0.2, -0.15) is 4.98 Å². The van der Waals surface area contributed by atoms with E-state index < -0.39 is 5.97 Å². The molecule has 136 valence electrons. The van der Waals surface area contributed by atoms with E-state index in [0.717, 1.165) is 11.1 Å². The van der Waals surface area contributed by atoms with Crippen LogP contribution in [0.4, 0.5) is 0 Å². The highest BCUT2D eigenvalue weighted by Crippen LogP contribution is 2.19. The summed E-state index contributed by atoms with van der Waals surface area (Å²) in [5.41, 5.74) is 2.22. The van der Waals surface area contributed by atoms with Crippen LogP contribution in [0, 0.1) is 0 Å². The average Bonchev–Trinajstić information content (AvgIpc) is 3.32. The molecule has 0 aliphatic carbocycles. The van der Waals surface area contributed by atoms with Crippen LogP contribution < -0.4 is 0 Å². The first-order valence-corrected chi connectivity index (χ1v) is 8.64. The van der Waals surface area contributed by atoms with Crippen molar-refractivity contribution in [3.05, 3.63) is 65.3 Å². The molecule has 7 nitrogen and oxygen atoms in total. The third-order valence-corrected chi connectivity index (χ3v) is 4.06. The summed E-state index contributed by atoms with van der Waals surface area (Å²) in [6.45, 7) is -0.0903. The number of esters is 1. The number of para-hydroxylation sites is 2. The fourth-order valence-corrected chi connectivity index (χ4v) is 2.61. The van der Waals surface area contributed by atoms with Crippen molar-refractivity contribution in [2.45, 2.75) is 19.4 Å². The van der Waals surface area contributed by atoms with E-state index >= 15 is 0 Å². The predicted molar refractivity (Wildman–Crippen MR) is 96.9 cm³/mol. The maximum absolute atomic E-state index is 11.9. The summed E-state index contributed by atoms with van der Waals surface area (Å²) in [5, 5.41) is 4.49. The molecular weight excluding hydrogens is 370 g/mol. The van der Waals surface area contributed by atoms with Gasteiger partial charge in [0.05, 0.1) is 6.42 Å². The summed E-state index contributed by atoms with van der Waals surface area (Å²) < 4.78 is 15.8. The molecule has 0 atom stereocenters. The summed E-state index contributed by atoms with van der Waals surface area (Å²) in [6, 6.07) is 14.5. The van der Waals surface area contributed by atoms with Gasteiger partial charge in [-0.15, -0.1) is 0 Å². The number of aromatic nitrogens is 3. The van der Waals surface area contributed by atoms with Crippen LogP contribution in [0.15, 0.2) is 57.5 Å². The number of carbonyl (C=O) groups excluding carboxylic acids is 1. The molecule has 27 heavy (non-hydrogen) atoms. The van der Waals surface area contributed by atoms with Crippen molar-refractivity contribution in [2.75, 3.05) is 0 Å². The lowest BCUT2D eigenvalue weighted by Gasteiger charge is -1.99. The second-order valence-electron chi connectivity index (χ2n) is 5.75. The molecule has 0 spiro atoms. The number of hydrogen-bond acceptors (Lipinski definition) is 7. The molecule has 4 rings (SSSR count). The Bertz CT molecular complexity index is 1040. The van der Waals surface area contributed by atoms with E-state index in [1.54, 1.807) is 24.3 Å². The van der Waals surface area contributed by atoms with E-state index in [4.69, 9.17) is 25.3 Å². The lowest BCUT2D eigenvalue weighted by molar-refractivity contribution is -0.145. The highest BCUT2D eigenvalue weighted by molar-refractivity contribution is 6.30. The predicted octanol–water partition coefficient (Wildman–Crippen LogP) is 4.21. The van der Waals surface area contributed by atoms with Crippen molar-refractivity contribution < 1.29 is 18.5 Å². The molecule has 0 N–H and O–H groups in total. The number of nitrogens with zero attached hydrogens (tertiary/aromatic N) is 3. The van der Waals surface area contributed by atoms with E-state index in [-0.39, 0.29) is 18.9 Å². The first-order chi connectivity index (χ1) is 13.2. The zero-order valence-corrected chi connectivity index (χ0v) is 14.8. The van der Waals surface area contributed by atoms with Gasteiger partial charge in [0.1, 0.15) is 5.52 Å². The molecule has 0 amide bonds. The standard InChI is InChI=1S/C19H14ClN3O4/c20-13-7-5-12(6-8-13)19-22-17(27-23-19)11-25-18(24)10-9-16-21-14-3-1-2-4-15(14)26-16/h1-8H,9-11H2. The number of halogens is 1. The molecule has 0 radical (unpaired) electrons. The monoisotopic (exact) mass is 383 g/mol. The quantitative estimate of drug-likeness (QED) is 0.460. The molecule has 0 unspecified atom stereocenters. The Morgan fingerprint density at radius 1 is 1.04 bits per heavy atom. The largest absolute Gasteiger partial charge is 0.456 e. The molecule has 0 bridgehead atoms. The lowest BCUT2D eigenvalue weighted by Crippen LogP contribution is -2.06. The van der Waals surface area contributed by atoms with Gasteiger partial charge in [-0.3, -0.25) is 4.79 Å². The van der Waals surface area contributed by atoms with Crippen LogP contribution in [0.25, 0.3) is 22.5 Å². The van der Waals surface area contributed by atoms with Gasteiger partial charge in [0.2, 0.25) is 5.82 Å². The number of rotatable bonds is 6. The molecule has 0 aliphatic heterocycles. The number of fused-ring (bicyclic) bond motifs is 1. The summed E-state index contributed by atoms with van der Waals surface area (Å²) in [5.74, 6) is 0.721. The Balaban J connectivity index is 1.29. The van der Waals surface area contributed by atoms with Crippen LogP contribution in [0.5, 0.6) is 0 Å². The van der Waals surface area contributed by atoms with Gasteiger partial charge in [-0.1, -0.05) is 28.9 Å². The van der Waals surface area contributed by atoms with Gasteiger partial charge in [-0.05, 0) is 36.4 Å². The molecule has 0 aliphatic rings. The molecule has 0 fully saturated rings. The summed E-state index contributed by atoms with van der Waals surface area (Å²) >= 11 is 5.85. The third-order valence-electron chi connectivity index (χ3n) is 3.81. The van der Waals surface area contributed by atoms with Crippen molar-refractivity contribution in [3.8, 4) is 11.4 Å². The van der Waals surface area contributed by atoms with Gasteiger partial charge in [-0.25, -0.2) is 4.98 Å². The van der Waals surface area contributed by atoms with Crippen molar-refractivity contribution >= 4 is 28.7 Å². The van der Waals surface area contributed by atoms with Crippen molar-refractivity contribution in [2.24, 2.45) is 0 Å². The van der Waals surface area contributed by atoms with Crippen LogP contribution in [0.1, 0.15) is 18.2 Å². The molecule has 8 heteroatoms. The Kier molecular flexibility index (Phi) is 4.84.